The molecule has 2 N–H and O–H groups in total. The second-order valence-electron chi connectivity index (χ2n) is 5.37. The van der Waals surface area contributed by atoms with Crippen molar-refractivity contribution >= 4 is 34.2 Å². The number of pyridine rings is 1. The van der Waals surface area contributed by atoms with Crippen LogP contribution in [-0.2, 0) is 19.6 Å². The van der Waals surface area contributed by atoms with E-state index in [1.54, 1.807) is 11.6 Å². The van der Waals surface area contributed by atoms with E-state index in [1.807, 2.05) is 0 Å². The molecule has 0 atom stereocenters. The molecule has 28 heavy (non-hydrogen) atoms. The summed E-state index contributed by atoms with van der Waals surface area (Å²) < 4.78 is 32.3. The molecular weight excluding hydrogens is 392 g/mol. The Hall–Kier alpha value is -3.61. The Kier molecular flexibility index (Phi) is 5.44. The van der Waals surface area contributed by atoms with Gasteiger partial charge >= 0.3 is 6.03 Å². The molecule has 13 heteroatoms. The zero-order valence-electron chi connectivity index (χ0n) is 14.4. The van der Waals surface area contributed by atoms with E-state index in [4.69, 9.17) is 9.57 Å². The number of amides is 2. The van der Waals surface area contributed by atoms with Gasteiger partial charge in [0.1, 0.15) is 12.3 Å². The van der Waals surface area contributed by atoms with Crippen LogP contribution in [0.4, 0.5) is 10.7 Å². The first-order valence-electron chi connectivity index (χ1n) is 7.82. The molecule has 12 nitrogen and oxygen atoms in total. The molecule has 0 saturated carbocycles. The third-order valence-corrected chi connectivity index (χ3v) is 4.55. The lowest BCUT2D eigenvalue weighted by Gasteiger charge is -2.15. The predicted octanol–water partition coefficient (Wildman–Crippen LogP) is 0.211. The fraction of sp³-hybridized carbons (Fsp3) is 0.200. The number of carbonyl (C=O) groups excluding carboxylic acids is 2. The number of sulfonamides is 1. The van der Waals surface area contributed by atoms with Gasteiger partial charge < -0.3 is 9.57 Å². The summed E-state index contributed by atoms with van der Waals surface area (Å²) in [5, 5.41) is 5.34. The number of nitrogens with zero attached hydrogens (tertiary/aromatic N) is 4. The Morgan fingerprint density at radius 1 is 1.29 bits per heavy atom. The van der Waals surface area contributed by atoms with Crippen molar-refractivity contribution < 1.29 is 27.6 Å². The summed E-state index contributed by atoms with van der Waals surface area (Å²) in [5.41, 5.74) is 0.470. The molecule has 3 heterocycles. The van der Waals surface area contributed by atoms with E-state index < -0.39 is 21.1 Å². The summed E-state index contributed by atoms with van der Waals surface area (Å²) in [4.78, 5) is 39.3. The molecule has 0 aliphatic carbocycles. The fourth-order valence-corrected chi connectivity index (χ4v) is 3.24. The van der Waals surface area contributed by atoms with Gasteiger partial charge in [0.05, 0.1) is 5.56 Å². The smallest absolute Gasteiger partial charge is 0.335 e. The van der Waals surface area contributed by atoms with Gasteiger partial charge in [-0.3, -0.25) is 10.1 Å². The molecule has 2 aromatic heterocycles. The molecule has 0 spiro atoms. The van der Waals surface area contributed by atoms with Crippen molar-refractivity contribution in [2.45, 2.75) is 11.9 Å². The van der Waals surface area contributed by atoms with E-state index in [0.29, 0.717) is 12.0 Å². The van der Waals surface area contributed by atoms with Gasteiger partial charge in [-0.15, -0.1) is 0 Å². The normalized spacial score (nSPS) is 13.5. The zero-order chi connectivity index (χ0) is 20.1. The number of hydrogen-bond acceptors (Lipinski definition) is 10. The van der Waals surface area contributed by atoms with Gasteiger partial charge in [0.15, 0.2) is 17.9 Å². The topological polar surface area (TPSA) is 162 Å². The quantitative estimate of drug-likeness (QED) is 0.661. The molecule has 2 amide bonds. The summed E-state index contributed by atoms with van der Waals surface area (Å²) in [6, 6.07) is 3.16. The van der Waals surface area contributed by atoms with Crippen molar-refractivity contribution in [2.75, 3.05) is 18.5 Å². The number of carbonyl (C=O) groups is 2. The third kappa shape index (κ3) is 4.37. The number of aryl methyl sites for hydroxylation is 1. The standard InChI is InChI=1S/C15H14N6O6S/c1-9-7-10(8-22)18-14(17-9)19-15(23)21-28(24,25)13-11(3-2-4-16-13)12-20-27-6-5-26-12/h2-4,7-8H,5-6H2,1H3,(H2,17,18,19,21,23). The highest BCUT2D eigenvalue weighted by atomic mass is 32.2. The average molecular weight is 406 g/mol. The van der Waals surface area contributed by atoms with Crippen LogP contribution < -0.4 is 10.0 Å². The van der Waals surface area contributed by atoms with E-state index in [2.05, 4.69) is 25.4 Å². The highest BCUT2D eigenvalue weighted by Crippen LogP contribution is 2.16. The predicted molar refractivity (Wildman–Crippen MR) is 94.2 cm³/mol. The fourth-order valence-electron chi connectivity index (χ4n) is 2.21. The maximum Gasteiger partial charge on any atom is 0.335 e. The Balaban J connectivity index is 1.83. The molecule has 3 rings (SSSR count). The molecule has 0 saturated heterocycles. The Bertz CT molecular complexity index is 1050. The molecule has 2 aromatic rings. The van der Waals surface area contributed by atoms with E-state index in [-0.39, 0.29) is 36.3 Å². The van der Waals surface area contributed by atoms with Crippen LogP contribution in [0.3, 0.4) is 0 Å². The molecular formula is C15H14N6O6S. The summed E-state index contributed by atoms with van der Waals surface area (Å²) in [7, 11) is -4.40. The third-order valence-electron chi connectivity index (χ3n) is 3.26. The summed E-state index contributed by atoms with van der Waals surface area (Å²) in [5.74, 6) is -0.304. The van der Waals surface area contributed by atoms with E-state index in [1.165, 1.54) is 24.4 Å². The van der Waals surface area contributed by atoms with Crippen molar-refractivity contribution in [1.29, 1.82) is 0 Å². The minimum absolute atomic E-state index is 0.0255. The van der Waals surface area contributed by atoms with E-state index in [0.717, 1.165) is 0 Å². The second-order valence-corrected chi connectivity index (χ2v) is 6.97. The molecule has 146 valence electrons. The van der Waals surface area contributed by atoms with Crippen LogP contribution in [0, 0.1) is 6.92 Å². The van der Waals surface area contributed by atoms with Crippen LogP contribution in [0.1, 0.15) is 21.7 Å². The van der Waals surface area contributed by atoms with Crippen LogP contribution in [0.2, 0.25) is 0 Å². The minimum atomic E-state index is -4.40. The van der Waals surface area contributed by atoms with Crippen LogP contribution in [0.5, 0.6) is 0 Å². The van der Waals surface area contributed by atoms with Gasteiger partial charge in [-0.2, -0.15) is 8.42 Å². The van der Waals surface area contributed by atoms with Crippen molar-refractivity contribution in [3.63, 3.8) is 0 Å². The largest absolute Gasteiger partial charge is 0.471 e. The number of oxime groups is 1. The highest BCUT2D eigenvalue weighted by molar-refractivity contribution is 7.90. The van der Waals surface area contributed by atoms with Crippen LogP contribution in [-0.4, -0.2) is 54.8 Å². The number of aldehydes is 1. The van der Waals surface area contributed by atoms with Gasteiger partial charge in [-0.05, 0) is 30.3 Å². The lowest BCUT2D eigenvalue weighted by Crippen LogP contribution is -2.36. The Morgan fingerprint density at radius 2 is 2.11 bits per heavy atom. The number of anilines is 1. The molecule has 1 aliphatic rings. The number of ether oxygens (including phenoxy) is 1. The first kappa shape index (κ1) is 19.2. The molecule has 1 aliphatic heterocycles. The highest BCUT2D eigenvalue weighted by Gasteiger charge is 2.27. The van der Waals surface area contributed by atoms with Crippen LogP contribution >= 0.6 is 0 Å². The van der Waals surface area contributed by atoms with Gasteiger partial charge in [-0.1, -0.05) is 0 Å². The van der Waals surface area contributed by atoms with Gasteiger partial charge in [0, 0.05) is 11.9 Å². The summed E-state index contributed by atoms with van der Waals surface area (Å²) >= 11 is 0. The van der Waals surface area contributed by atoms with Gasteiger partial charge in [0.25, 0.3) is 15.9 Å². The Labute approximate surface area is 159 Å². The number of aromatic nitrogens is 3. The van der Waals surface area contributed by atoms with Crippen LogP contribution in [0.25, 0.3) is 0 Å². The lowest BCUT2D eigenvalue weighted by molar-refractivity contribution is 0.0653. The molecule has 0 unspecified atom stereocenters. The van der Waals surface area contributed by atoms with Crippen molar-refractivity contribution in [2.24, 2.45) is 5.16 Å². The molecule has 0 bridgehead atoms. The number of nitrogens with one attached hydrogen (secondary N) is 2. The maximum atomic E-state index is 12.6. The van der Waals surface area contributed by atoms with Crippen molar-refractivity contribution in [1.82, 2.24) is 19.7 Å². The number of urea groups is 1. The van der Waals surface area contributed by atoms with Gasteiger partial charge in [0.2, 0.25) is 5.95 Å². The van der Waals surface area contributed by atoms with Crippen molar-refractivity contribution in [3.05, 3.63) is 41.3 Å². The second kappa shape index (κ2) is 7.96. The molecule has 0 aromatic carbocycles. The van der Waals surface area contributed by atoms with Crippen LogP contribution in [0.15, 0.2) is 34.6 Å². The summed E-state index contributed by atoms with van der Waals surface area (Å²) in [6.45, 7) is 2.00. The monoisotopic (exact) mass is 406 g/mol. The molecule has 0 radical (unpaired) electrons. The minimum Gasteiger partial charge on any atom is -0.471 e. The van der Waals surface area contributed by atoms with Gasteiger partial charge in [-0.25, -0.2) is 24.5 Å². The van der Waals surface area contributed by atoms with E-state index in [9.17, 15) is 18.0 Å². The molecule has 0 fully saturated rings. The summed E-state index contributed by atoms with van der Waals surface area (Å²) in [6.07, 6.45) is 1.71. The lowest BCUT2D eigenvalue weighted by atomic mass is 10.3. The SMILES string of the molecule is Cc1cc(C=O)nc(NC(=O)NS(=O)(=O)c2ncccc2C2=NOCCO2)n1. The first-order valence-corrected chi connectivity index (χ1v) is 9.30. The first-order chi connectivity index (χ1) is 13.4. The maximum absolute atomic E-state index is 12.6. The van der Waals surface area contributed by atoms with E-state index >= 15 is 0 Å². The number of rotatable bonds is 5. The average Bonchev–Trinajstić information content (AvgIpc) is 2.67. The number of hydrogen-bond donors (Lipinski definition) is 2. The zero-order valence-corrected chi connectivity index (χ0v) is 15.3. The van der Waals surface area contributed by atoms with Crippen molar-refractivity contribution in [3.8, 4) is 0 Å². The Morgan fingerprint density at radius 3 is 2.82 bits per heavy atom.